The molecule has 0 saturated carbocycles. The van der Waals surface area contributed by atoms with Gasteiger partial charge in [-0.05, 0) is 0 Å². The molecule has 0 amide bonds. The van der Waals surface area contributed by atoms with Crippen LogP contribution in [0.1, 0.15) is 0 Å². The Hall–Kier alpha value is -1.32. The minimum absolute atomic E-state index is 0.650. The first-order valence-corrected chi connectivity index (χ1v) is 1.89. The zero-order valence-corrected chi connectivity index (χ0v) is 3.79. The van der Waals surface area contributed by atoms with Gasteiger partial charge in [0.2, 0.25) is 23.0 Å². The van der Waals surface area contributed by atoms with Gasteiger partial charge < -0.3 is 20.4 Å². The van der Waals surface area contributed by atoms with E-state index in [0.29, 0.717) is 0 Å². The van der Waals surface area contributed by atoms with Crippen molar-refractivity contribution in [2.45, 2.75) is 0 Å². The Balaban J connectivity index is 2.86. The number of rotatable bonds is 0. The Morgan fingerprint density at radius 2 is 0.625 bits per heavy atom. The fourth-order valence-corrected chi connectivity index (χ4v) is 0.386. The Morgan fingerprint density at radius 1 is 0.500 bits per heavy atom. The fourth-order valence-electron chi connectivity index (χ4n) is 0.386. The molecule has 0 aromatic rings. The maximum Gasteiger partial charge on any atom is 0.208 e. The minimum atomic E-state index is -0.650. The molecule has 1 aliphatic rings. The van der Waals surface area contributed by atoms with Crippen LogP contribution < -0.4 is 0 Å². The third-order valence-corrected chi connectivity index (χ3v) is 0.897. The molecule has 0 saturated heterocycles. The van der Waals surface area contributed by atoms with Gasteiger partial charge in [-0.3, -0.25) is 0 Å². The van der Waals surface area contributed by atoms with Gasteiger partial charge in [0.1, 0.15) is 0 Å². The SMILES string of the molecule is OC1=C(O)C(O)=C1O. The number of hydrogen-bond acceptors (Lipinski definition) is 4. The lowest BCUT2D eigenvalue weighted by atomic mass is 10.1. The smallest absolute Gasteiger partial charge is 0.208 e. The van der Waals surface area contributed by atoms with Crippen molar-refractivity contribution in [1.82, 2.24) is 0 Å². The molecule has 0 radical (unpaired) electrons. The molecule has 0 aromatic carbocycles. The summed E-state index contributed by atoms with van der Waals surface area (Å²) in [6.45, 7) is 0. The van der Waals surface area contributed by atoms with Gasteiger partial charge in [0.25, 0.3) is 0 Å². The predicted octanol–water partition coefficient (Wildman–Crippen LogP) is 0.655. The number of aliphatic hydroxyl groups is 4. The fraction of sp³-hybridized carbons (Fsp3) is 0. The quantitative estimate of drug-likeness (QED) is 0.374. The molecule has 8 heavy (non-hydrogen) atoms. The third kappa shape index (κ3) is 0.294. The summed E-state index contributed by atoms with van der Waals surface area (Å²) in [4.78, 5) is 0. The Kier molecular flexibility index (Phi) is 0.658. The van der Waals surface area contributed by atoms with Crippen LogP contribution in [-0.2, 0) is 0 Å². The lowest BCUT2D eigenvalue weighted by molar-refractivity contribution is 0.201. The van der Waals surface area contributed by atoms with Gasteiger partial charge in [0, 0.05) is 0 Å². The van der Waals surface area contributed by atoms with Crippen LogP contribution >= 0.6 is 0 Å². The van der Waals surface area contributed by atoms with E-state index in [2.05, 4.69) is 0 Å². The highest BCUT2D eigenvalue weighted by molar-refractivity contribution is 5.44. The average molecular weight is 116 g/mol. The van der Waals surface area contributed by atoms with Gasteiger partial charge in [0.05, 0.1) is 0 Å². The topological polar surface area (TPSA) is 80.9 Å². The van der Waals surface area contributed by atoms with E-state index in [9.17, 15) is 0 Å². The van der Waals surface area contributed by atoms with E-state index >= 15 is 0 Å². The Morgan fingerprint density at radius 3 is 0.750 bits per heavy atom. The standard InChI is InChI=1S/C4H4O4/c5-1-2(6)4(8)3(1)7/h5-8H. The van der Waals surface area contributed by atoms with E-state index in [1.165, 1.54) is 0 Å². The highest BCUT2D eigenvalue weighted by Gasteiger charge is 2.28. The van der Waals surface area contributed by atoms with Gasteiger partial charge in [-0.15, -0.1) is 0 Å². The molecule has 4 heteroatoms. The number of hydrogen-bond donors (Lipinski definition) is 4. The second kappa shape index (κ2) is 1.09. The molecular weight excluding hydrogens is 112 g/mol. The van der Waals surface area contributed by atoms with Crippen LogP contribution in [0.2, 0.25) is 0 Å². The van der Waals surface area contributed by atoms with Crippen LogP contribution in [-0.4, -0.2) is 20.4 Å². The van der Waals surface area contributed by atoms with Crippen molar-refractivity contribution in [3.8, 4) is 0 Å². The maximum atomic E-state index is 8.32. The monoisotopic (exact) mass is 116 g/mol. The predicted molar refractivity (Wildman–Crippen MR) is 24.6 cm³/mol. The zero-order chi connectivity index (χ0) is 6.31. The Labute approximate surface area is 44.6 Å². The summed E-state index contributed by atoms with van der Waals surface area (Å²) >= 11 is 0. The summed E-state index contributed by atoms with van der Waals surface area (Å²) in [5, 5.41) is 33.3. The van der Waals surface area contributed by atoms with Gasteiger partial charge in [0.15, 0.2) is 0 Å². The molecule has 0 unspecified atom stereocenters. The second-order valence-electron chi connectivity index (χ2n) is 1.39. The summed E-state index contributed by atoms with van der Waals surface area (Å²) in [6, 6.07) is 0. The second-order valence-corrected chi connectivity index (χ2v) is 1.39. The summed E-state index contributed by atoms with van der Waals surface area (Å²) in [5.41, 5.74) is 0. The van der Waals surface area contributed by atoms with E-state index in [0.717, 1.165) is 0 Å². The summed E-state index contributed by atoms with van der Waals surface area (Å²) in [7, 11) is 0. The van der Waals surface area contributed by atoms with Crippen molar-refractivity contribution in [1.29, 1.82) is 0 Å². The molecule has 4 nitrogen and oxygen atoms in total. The van der Waals surface area contributed by atoms with Crippen molar-refractivity contribution in [3.63, 3.8) is 0 Å². The first-order valence-electron chi connectivity index (χ1n) is 1.89. The summed E-state index contributed by atoms with van der Waals surface area (Å²) in [5.74, 6) is -2.60. The van der Waals surface area contributed by atoms with Gasteiger partial charge in [-0.1, -0.05) is 0 Å². The van der Waals surface area contributed by atoms with Crippen LogP contribution in [0.3, 0.4) is 0 Å². The molecule has 0 atom stereocenters. The Bertz CT molecular complexity index is 135. The van der Waals surface area contributed by atoms with E-state index in [1.54, 1.807) is 0 Å². The highest BCUT2D eigenvalue weighted by atomic mass is 16.4. The molecule has 0 spiro atoms. The van der Waals surface area contributed by atoms with E-state index < -0.39 is 23.0 Å². The molecule has 4 N–H and O–H groups in total. The van der Waals surface area contributed by atoms with Crippen molar-refractivity contribution < 1.29 is 20.4 Å². The van der Waals surface area contributed by atoms with Gasteiger partial charge in [-0.2, -0.15) is 0 Å². The molecular formula is C4H4O4. The highest BCUT2D eigenvalue weighted by Crippen LogP contribution is 2.26. The van der Waals surface area contributed by atoms with Crippen LogP contribution in [0, 0.1) is 0 Å². The first-order chi connectivity index (χ1) is 3.64. The molecule has 0 aromatic heterocycles. The lowest BCUT2D eigenvalue weighted by Gasteiger charge is -2.12. The molecule has 0 bridgehead atoms. The lowest BCUT2D eigenvalue weighted by Crippen LogP contribution is -2.10. The molecule has 1 rings (SSSR count). The van der Waals surface area contributed by atoms with E-state index in [-0.39, 0.29) is 0 Å². The zero-order valence-electron chi connectivity index (χ0n) is 3.79. The molecule has 0 fully saturated rings. The van der Waals surface area contributed by atoms with Crippen LogP contribution in [0.4, 0.5) is 0 Å². The first kappa shape index (κ1) is 4.83. The van der Waals surface area contributed by atoms with Crippen molar-refractivity contribution in [2.24, 2.45) is 0 Å². The largest absolute Gasteiger partial charge is 0.502 e. The molecule has 44 valence electrons. The average Bonchev–Trinajstić information content (AvgIpc) is 1.83. The maximum absolute atomic E-state index is 8.32. The molecule has 0 aliphatic heterocycles. The van der Waals surface area contributed by atoms with Crippen molar-refractivity contribution >= 4 is 0 Å². The van der Waals surface area contributed by atoms with Crippen molar-refractivity contribution in [3.05, 3.63) is 23.0 Å². The van der Waals surface area contributed by atoms with E-state index in [1.807, 2.05) is 0 Å². The van der Waals surface area contributed by atoms with E-state index in [4.69, 9.17) is 20.4 Å². The van der Waals surface area contributed by atoms with Crippen LogP contribution in [0.25, 0.3) is 0 Å². The minimum Gasteiger partial charge on any atom is -0.502 e. The third-order valence-electron chi connectivity index (χ3n) is 0.897. The van der Waals surface area contributed by atoms with Crippen LogP contribution in [0.5, 0.6) is 0 Å². The van der Waals surface area contributed by atoms with Crippen LogP contribution in [0.15, 0.2) is 23.0 Å². The summed E-state index contributed by atoms with van der Waals surface area (Å²) < 4.78 is 0. The molecule has 1 aliphatic carbocycles. The number of aliphatic hydroxyl groups excluding tert-OH is 4. The normalized spacial score (nSPS) is 19.0. The summed E-state index contributed by atoms with van der Waals surface area (Å²) in [6.07, 6.45) is 0. The van der Waals surface area contributed by atoms with Crippen molar-refractivity contribution in [2.75, 3.05) is 0 Å². The van der Waals surface area contributed by atoms with Gasteiger partial charge >= 0.3 is 0 Å². The molecule has 0 heterocycles. The van der Waals surface area contributed by atoms with Gasteiger partial charge in [-0.25, -0.2) is 0 Å².